The van der Waals surface area contributed by atoms with Gasteiger partial charge in [-0.05, 0) is 48.3 Å². The summed E-state index contributed by atoms with van der Waals surface area (Å²) in [6.45, 7) is 2.40. The monoisotopic (exact) mass is 303 g/mol. The Kier molecular flexibility index (Phi) is 4.22. The van der Waals surface area contributed by atoms with Gasteiger partial charge in [-0.1, -0.05) is 11.6 Å². The molecular weight excluding hydrogens is 296 g/mol. The lowest BCUT2D eigenvalue weighted by Crippen LogP contribution is -1.98. The van der Waals surface area contributed by atoms with E-state index < -0.39 is 0 Å². The van der Waals surface area contributed by atoms with Crippen LogP contribution in [0.4, 0.5) is 0 Å². The largest absolute Gasteiger partial charge is 0.493 e. The Morgan fingerprint density at radius 1 is 1.06 bits per heavy atom. The van der Waals surface area contributed by atoms with Crippen LogP contribution in [0.5, 0.6) is 5.75 Å². The summed E-state index contributed by atoms with van der Waals surface area (Å²) in [6, 6.07) is 5.15. The Labute approximate surface area is 119 Å². The molecule has 1 heterocycles. The van der Waals surface area contributed by atoms with Gasteiger partial charge in [0.25, 0.3) is 0 Å². The van der Waals surface area contributed by atoms with Gasteiger partial charge >= 0.3 is 0 Å². The zero-order chi connectivity index (χ0) is 13.1. The van der Waals surface area contributed by atoms with Crippen molar-refractivity contribution in [3.63, 3.8) is 0 Å². The van der Waals surface area contributed by atoms with Crippen molar-refractivity contribution in [2.75, 3.05) is 6.61 Å². The quantitative estimate of drug-likeness (QED) is 0.863. The number of rotatable bonds is 3. The number of hydrogen-bond donors (Lipinski definition) is 0. The molecule has 0 aliphatic heterocycles. The first-order valence-electron chi connectivity index (χ1n) is 5.10. The predicted molar refractivity (Wildman–Crippen MR) is 71.5 cm³/mol. The summed E-state index contributed by atoms with van der Waals surface area (Å²) in [7, 11) is 0. The highest BCUT2D eigenvalue weighted by atomic mass is 35.5. The molecule has 1 aromatic carbocycles. The van der Waals surface area contributed by atoms with Crippen LogP contribution in [0.3, 0.4) is 0 Å². The molecule has 0 fully saturated rings. The predicted octanol–water partition coefficient (Wildman–Crippen LogP) is 3.90. The fourth-order valence-corrected chi connectivity index (χ4v) is 1.94. The molecule has 0 aliphatic rings. The lowest BCUT2D eigenvalue weighted by molar-refractivity contribution is 0.341. The minimum Gasteiger partial charge on any atom is -0.493 e. The van der Waals surface area contributed by atoms with Crippen molar-refractivity contribution < 1.29 is 4.74 Å². The van der Waals surface area contributed by atoms with Gasteiger partial charge in [0.1, 0.15) is 5.75 Å². The van der Waals surface area contributed by atoms with Crippen LogP contribution in [0, 0.1) is 0 Å². The first-order valence-corrected chi connectivity index (χ1v) is 6.23. The molecule has 2 rings (SSSR count). The Hall–Kier alpha value is -1.10. The normalized spacial score (nSPS) is 10.4. The molecule has 4 nitrogen and oxygen atoms in total. The molecule has 0 aliphatic carbocycles. The van der Waals surface area contributed by atoms with Crippen LogP contribution in [0.25, 0.3) is 11.4 Å². The Balaban J connectivity index is 2.57. The van der Waals surface area contributed by atoms with E-state index in [-0.39, 0.29) is 10.6 Å². The zero-order valence-corrected chi connectivity index (χ0v) is 11.6. The van der Waals surface area contributed by atoms with Crippen molar-refractivity contribution in [2.45, 2.75) is 6.92 Å². The third kappa shape index (κ3) is 3.02. The SMILES string of the molecule is CCOc1ccc(Cl)cc1-c1nc(Cl)nc(Cl)n1. The lowest BCUT2D eigenvalue weighted by Gasteiger charge is -2.09. The maximum atomic E-state index is 5.95. The molecule has 0 saturated heterocycles. The number of benzene rings is 1. The number of aromatic nitrogens is 3. The van der Waals surface area contributed by atoms with Gasteiger partial charge in [0.15, 0.2) is 5.82 Å². The average molecular weight is 305 g/mol. The average Bonchev–Trinajstić information content (AvgIpc) is 2.30. The van der Waals surface area contributed by atoms with E-state index >= 15 is 0 Å². The fraction of sp³-hybridized carbons (Fsp3) is 0.182. The van der Waals surface area contributed by atoms with Crippen molar-refractivity contribution in [1.29, 1.82) is 0 Å². The minimum atomic E-state index is 0.0208. The van der Waals surface area contributed by atoms with Crippen molar-refractivity contribution >= 4 is 34.8 Å². The van der Waals surface area contributed by atoms with E-state index in [4.69, 9.17) is 39.5 Å². The van der Waals surface area contributed by atoms with Crippen molar-refractivity contribution in [2.24, 2.45) is 0 Å². The third-order valence-electron chi connectivity index (χ3n) is 2.06. The molecule has 0 bridgehead atoms. The van der Waals surface area contributed by atoms with Crippen LogP contribution in [0.2, 0.25) is 15.6 Å². The Morgan fingerprint density at radius 3 is 2.33 bits per heavy atom. The van der Waals surface area contributed by atoms with Gasteiger partial charge in [0.05, 0.1) is 12.2 Å². The fourth-order valence-electron chi connectivity index (χ4n) is 1.40. The molecule has 0 unspecified atom stereocenters. The second-order valence-corrected chi connectivity index (χ2v) is 4.38. The highest BCUT2D eigenvalue weighted by molar-refractivity contribution is 6.31. The van der Waals surface area contributed by atoms with Crippen LogP contribution in [-0.2, 0) is 0 Å². The van der Waals surface area contributed by atoms with Crippen LogP contribution in [0.15, 0.2) is 18.2 Å². The standard InChI is InChI=1S/C11H8Cl3N3O/c1-2-18-8-4-3-6(12)5-7(8)9-15-10(13)17-11(14)16-9/h3-5H,2H2,1H3. The highest BCUT2D eigenvalue weighted by Gasteiger charge is 2.12. The summed E-state index contributed by atoms with van der Waals surface area (Å²) in [5.41, 5.74) is 0.621. The van der Waals surface area contributed by atoms with Gasteiger partial charge in [0, 0.05) is 5.02 Å². The van der Waals surface area contributed by atoms with Gasteiger partial charge in [0.2, 0.25) is 10.6 Å². The van der Waals surface area contributed by atoms with E-state index in [0.29, 0.717) is 28.8 Å². The van der Waals surface area contributed by atoms with Gasteiger partial charge in [-0.3, -0.25) is 0 Å². The van der Waals surface area contributed by atoms with E-state index in [1.54, 1.807) is 18.2 Å². The van der Waals surface area contributed by atoms with Gasteiger partial charge < -0.3 is 4.74 Å². The summed E-state index contributed by atoms with van der Waals surface area (Å²) in [4.78, 5) is 11.7. The topological polar surface area (TPSA) is 47.9 Å². The van der Waals surface area contributed by atoms with Crippen LogP contribution in [0.1, 0.15) is 6.92 Å². The van der Waals surface area contributed by atoms with Crippen molar-refractivity contribution in [3.8, 4) is 17.1 Å². The summed E-state index contributed by atoms with van der Waals surface area (Å²) in [5.74, 6) is 0.936. The molecule has 0 amide bonds. The number of ether oxygens (including phenoxy) is 1. The maximum Gasteiger partial charge on any atom is 0.227 e. The second-order valence-electron chi connectivity index (χ2n) is 3.27. The van der Waals surface area contributed by atoms with E-state index in [2.05, 4.69) is 15.0 Å². The van der Waals surface area contributed by atoms with Crippen LogP contribution >= 0.6 is 34.8 Å². The Morgan fingerprint density at radius 2 is 1.72 bits per heavy atom. The first-order chi connectivity index (χ1) is 8.60. The summed E-state index contributed by atoms with van der Waals surface area (Å²) >= 11 is 17.5. The molecule has 0 saturated carbocycles. The maximum absolute atomic E-state index is 5.95. The van der Waals surface area contributed by atoms with Crippen molar-refractivity contribution in [1.82, 2.24) is 15.0 Å². The molecule has 18 heavy (non-hydrogen) atoms. The van der Waals surface area contributed by atoms with Gasteiger partial charge in [-0.15, -0.1) is 0 Å². The summed E-state index contributed by atoms with van der Waals surface area (Å²) in [5, 5.41) is 0.584. The van der Waals surface area contributed by atoms with Gasteiger partial charge in [-0.25, -0.2) is 0 Å². The van der Waals surface area contributed by atoms with Crippen LogP contribution in [-0.4, -0.2) is 21.6 Å². The minimum absolute atomic E-state index is 0.0208. The van der Waals surface area contributed by atoms with Crippen molar-refractivity contribution in [3.05, 3.63) is 33.8 Å². The molecule has 0 N–H and O–H groups in total. The molecule has 94 valence electrons. The molecule has 7 heteroatoms. The second kappa shape index (κ2) is 5.69. The first kappa shape index (κ1) is 13.3. The van der Waals surface area contributed by atoms with Gasteiger partial charge in [-0.2, -0.15) is 15.0 Å². The number of halogens is 3. The van der Waals surface area contributed by atoms with Crippen LogP contribution < -0.4 is 4.74 Å². The number of hydrogen-bond acceptors (Lipinski definition) is 4. The molecule has 2 aromatic rings. The molecule has 0 atom stereocenters. The molecular formula is C11H8Cl3N3O. The smallest absolute Gasteiger partial charge is 0.227 e. The third-order valence-corrected chi connectivity index (χ3v) is 2.64. The Bertz CT molecular complexity index is 557. The van der Waals surface area contributed by atoms with E-state index in [9.17, 15) is 0 Å². The zero-order valence-electron chi connectivity index (χ0n) is 9.32. The number of nitrogens with zero attached hydrogens (tertiary/aromatic N) is 3. The molecule has 1 aromatic heterocycles. The lowest BCUT2D eigenvalue weighted by atomic mass is 10.2. The highest BCUT2D eigenvalue weighted by Crippen LogP contribution is 2.31. The van der Waals surface area contributed by atoms with E-state index in [0.717, 1.165) is 0 Å². The molecule has 0 spiro atoms. The van der Waals surface area contributed by atoms with E-state index in [1.807, 2.05) is 6.92 Å². The van der Waals surface area contributed by atoms with E-state index in [1.165, 1.54) is 0 Å². The summed E-state index contributed by atoms with van der Waals surface area (Å²) < 4.78 is 5.48. The summed E-state index contributed by atoms with van der Waals surface area (Å²) in [6.07, 6.45) is 0. The molecule has 0 radical (unpaired) electrons.